The van der Waals surface area contributed by atoms with Crippen LogP contribution in [0.15, 0.2) is 30.5 Å². The Morgan fingerprint density at radius 2 is 2.05 bits per heavy atom. The first-order valence-electron chi connectivity index (χ1n) is 5.78. The minimum absolute atomic E-state index is 0.404. The lowest BCUT2D eigenvalue weighted by Gasteiger charge is -2.09. The Labute approximate surface area is 109 Å². The number of carboxylic acid groups (broad SMARTS) is 1. The number of carbonyl (C=O) groups is 2. The minimum Gasteiger partial charge on any atom is -0.480 e. The van der Waals surface area contributed by atoms with E-state index >= 15 is 0 Å². The maximum atomic E-state index is 12.1. The van der Waals surface area contributed by atoms with Crippen LogP contribution in [0.1, 0.15) is 17.3 Å². The van der Waals surface area contributed by atoms with Crippen LogP contribution in [0.4, 0.5) is 0 Å². The summed E-state index contributed by atoms with van der Waals surface area (Å²) in [6.45, 7) is 1.42. The first-order chi connectivity index (χ1) is 8.99. The number of fused-ring (bicyclic) bond motifs is 1. The highest BCUT2D eigenvalue weighted by Crippen LogP contribution is 2.14. The van der Waals surface area contributed by atoms with Gasteiger partial charge in [-0.15, -0.1) is 0 Å². The predicted molar refractivity (Wildman–Crippen MR) is 67.5 cm³/mol. The molecular weight excluding hydrogens is 246 g/mol. The average Bonchev–Trinajstić information content (AvgIpc) is 2.37. The number of nitrogens with one attached hydrogen (secondary N) is 1. The highest BCUT2D eigenvalue weighted by Gasteiger charge is 2.20. The van der Waals surface area contributed by atoms with Gasteiger partial charge >= 0.3 is 5.97 Å². The third kappa shape index (κ3) is 2.67. The molecule has 2 rings (SSSR count). The van der Waals surface area contributed by atoms with Crippen LogP contribution >= 0.6 is 0 Å². The normalized spacial score (nSPS) is 12.1. The molecule has 19 heavy (non-hydrogen) atoms. The zero-order valence-electron chi connectivity index (χ0n) is 10.6. The van der Waals surface area contributed by atoms with Gasteiger partial charge in [0, 0.05) is 5.39 Å². The Morgan fingerprint density at radius 1 is 1.37 bits per heavy atom. The maximum Gasteiger partial charge on any atom is 0.325 e. The van der Waals surface area contributed by atoms with E-state index in [-0.39, 0.29) is 0 Å². The summed E-state index contributed by atoms with van der Waals surface area (Å²) < 4.78 is 1.53. The van der Waals surface area contributed by atoms with Gasteiger partial charge in [-0.2, -0.15) is 0 Å². The molecule has 1 amide bonds. The fourth-order valence-electron chi connectivity index (χ4n) is 1.76. The van der Waals surface area contributed by atoms with Gasteiger partial charge in [0.05, 0.1) is 0 Å². The standard InChI is InChI=1S/C13H13N3O3/c1-8(13(18)19)14-12(17)10-7-16(2)15-11-6-4-3-5-9(10)11/h3-8H,1-2H3,(H-,14,17,18,19)/p+1/t8-/m1/s1. The summed E-state index contributed by atoms with van der Waals surface area (Å²) in [6, 6.07) is 6.28. The third-order valence-electron chi connectivity index (χ3n) is 2.74. The van der Waals surface area contributed by atoms with Gasteiger partial charge in [0.2, 0.25) is 6.20 Å². The van der Waals surface area contributed by atoms with Crippen LogP contribution in [-0.4, -0.2) is 28.1 Å². The zero-order valence-corrected chi connectivity index (χ0v) is 10.6. The summed E-state index contributed by atoms with van der Waals surface area (Å²) in [7, 11) is 1.71. The molecule has 6 heteroatoms. The second-order valence-corrected chi connectivity index (χ2v) is 4.27. The SMILES string of the molecule is C[C@@H](NC(=O)c1c[n+](C)nc2ccccc12)C(=O)O. The third-order valence-corrected chi connectivity index (χ3v) is 2.74. The monoisotopic (exact) mass is 260 g/mol. The van der Waals surface area contributed by atoms with Crippen LogP contribution in [0.2, 0.25) is 0 Å². The van der Waals surface area contributed by atoms with Crippen molar-refractivity contribution in [3.8, 4) is 0 Å². The number of hydrogen-bond acceptors (Lipinski definition) is 3. The molecule has 0 saturated carbocycles. The number of hydrogen-bond donors (Lipinski definition) is 2. The molecule has 0 unspecified atom stereocenters. The topological polar surface area (TPSA) is 83.2 Å². The maximum absolute atomic E-state index is 12.1. The first kappa shape index (κ1) is 12.9. The molecule has 1 heterocycles. The van der Waals surface area contributed by atoms with E-state index < -0.39 is 17.9 Å². The van der Waals surface area contributed by atoms with Gasteiger partial charge in [0.15, 0.2) is 7.05 Å². The number of carbonyl (C=O) groups excluding carboxylic acids is 1. The molecule has 6 nitrogen and oxygen atoms in total. The van der Waals surface area contributed by atoms with Crippen molar-refractivity contribution in [2.24, 2.45) is 7.05 Å². The highest BCUT2D eigenvalue weighted by atomic mass is 16.4. The fourth-order valence-corrected chi connectivity index (χ4v) is 1.76. The number of nitrogens with zero attached hydrogens (tertiary/aromatic N) is 2. The van der Waals surface area contributed by atoms with Gasteiger partial charge in [-0.3, -0.25) is 9.59 Å². The van der Waals surface area contributed by atoms with Gasteiger partial charge in [0.25, 0.3) is 5.91 Å². The molecule has 1 aromatic heterocycles. The molecule has 1 aromatic carbocycles. The lowest BCUT2D eigenvalue weighted by Crippen LogP contribution is -2.40. The minimum atomic E-state index is -1.07. The number of carboxylic acids is 1. The smallest absolute Gasteiger partial charge is 0.325 e. The molecule has 0 radical (unpaired) electrons. The molecule has 0 fully saturated rings. The number of rotatable bonds is 3. The molecule has 1 atom stereocenters. The van der Waals surface area contributed by atoms with Crippen LogP contribution in [0.5, 0.6) is 0 Å². The second kappa shape index (κ2) is 5.01. The van der Waals surface area contributed by atoms with E-state index in [2.05, 4.69) is 10.4 Å². The summed E-state index contributed by atoms with van der Waals surface area (Å²) >= 11 is 0. The Hall–Kier alpha value is -2.50. The number of amides is 1. The molecule has 98 valence electrons. The summed E-state index contributed by atoms with van der Waals surface area (Å²) in [4.78, 5) is 22.9. The van der Waals surface area contributed by atoms with Gasteiger partial charge in [0.1, 0.15) is 17.1 Å². The average molecular weight is 260 g/mol. The Kier molecular flexibility index (Phi) is 3.41. The van der Waals surface area contributed by atoms with Crippen LogP contribution in [0.3, 0.4) is 0 Å². The van der Waals surface area contributed by atoms with E-state index in [1.54, 1.807) is 31.4 Å². The van der Waals surface area contributed by atoms with E-state index in [0.29, 0.717) is 16.5 Å². The fraction of sp³-hybridized carbons (Fsp3) is 0.231. The summed E-state index contributed by atoms with van der Waals surface area (Å²) in [6.07, 6.45) is 1.58. The first-order valence-corrected chi connectivity index (χ1v) is 5.78. The van der Waals surface area contributed by atoms with Crippen molar-refractivity contribution in [1.29, 1.82) is 0 Å². The van der Waals surface area contributed by atoms with Crippen molar-refractivity contribution < 1.29 is 19.4 Å². The van der Waals surface area contributed by atoms with E-state index in [9.17, 15) is 9.59 Å². The van der Waals surface area contributed by atoms with Crippen molar-refractivity contribution in [3.05, 3.63) is 36.0 Å². The second-order valence-electron chi connectivity index (χ2n) is 4.27. The van der Waals surface area contributed by atoms with E-state index in [0.717, 1.165) is 0 Å². The van der Waals surface area contributed by atoms with Gasteiger partial charge in [-0.25, -0.2) is 0 Å². The van der Waals surface area contributed by atoms with Crippen molar-refractivity contribution in [3.63, 3.8) is 0 Å². The largest absolute Gasteiger partial charge is 0.480 e. The molecule has 0 bridgehead atoms. The molecule has 2 N–H and O–H groups in total. The predicted octanol–water partition coefficient (Wildman–Crippen LogP) is 0.262. The van der Waals surface area contributed by atoms with Crippen LogP contribution in [0, 0.1) is 0 Å². The van der Waals surface area contributed by atoms with E-state index in [1.807, 2.05) is 6.07 Å². The Bertz CT molecular complexity index is 655. The van der Waals surface area contributed by atoms with Crippen molar-refractivity contribution in [1.82, 2.24) is 10.4 Å². The molecule has 0 aliphatic heterocycles. The van der Waals surface area contributed by atoms with Crippen LogP contribution in [-0.2, 0) is 11.8 Å². The Morgan fingerprint density at radius 3 is 2.74 bits per heavy atom. The lowest BCUT2D eigenvalue weighted by molar-refractivity contribution is -0.728. The molecule has 0 aliphatic carbocycles. The van der Waals surface area contributed by atoms with Gasteiger partial charge < -0.3 is 10.4 Å². The summed E-state index contributed by atoms with van der Waals surface area (Å²) in [5, 5.41) is 16.2. The number of aryl methyl sites for hydroxylation is 1. The molecule has 0 aliphatic rings. The molecule has 0 saturated heterocycles. The summed E-state index contributed by atoms with van der Waals surface area (Å²) in [5.41, 5.74) is 1.09. The van der Waals surface area contributed by atoms with Crippen LogP contribution < -0.4 is 10.00 Å². The molecule has 0 spiro atoms. The van der Waals surface area contributed by atoms with Gasteiger partial charge in [-0.1, -0.05) is 22.9 Å². The molecule has 2 aromatic rings. The van der Waals surface area contributed by atoms with Crippen molar-refractivity contribution in [2.75, 3.05) is 0 Å². The van der Waals surface area contributed by atoms with Crippen LogP contribution in [0.25, 0.3) is 10.9 Å². The van der Waals surface area contributed by atoms with E-state index in [1.165, 1.54) is 11.6 Å². The van der Waals surface area contributed by atoms with E-state index in [4.69, 9.17) is 5.11 Å². The van der Waals surface area contributed by atoms with Gasteiger partial charge in [-0.05, 0) is 18.1 Å². The number of aliphatic carboxylic acids is 1. The number of aromatic nitrogens is 2. The lowest BCUT2D eigenvalue weighted by atomic mass is 10.1. The van der Waals surface area contributed by atoms with Crippen molar-refractivity contribution in [2.45, 2.75) is 13.0 Å². The highest BCUT2D eigenvalue weighted by molar-refractivity contribution is 6.06. The van der Waals surface area contributed by atoms with Crippen molar-refractivity contribution >= 4 is 22.8 Å². The quantitative estimate of drug-likeness (QED) is 0.776. The Balaban J connectivity index is 2.44. The molecular formula is C13H14N3O3+. The zero-order chi connectivity index (χ0) is 14.0. The number of benzene rings is 1. The summed E-state index contributed by atoms with van der Waals surface area (Å²) in [5.74, 6) is -1.50.